The van der Waals surface area contributed by atoms with E-state index in [0.717, 1.165) is 24.8 Å². The number of likely N-dealkylation sites (tertiary alicyclic amines) is 1. The maximum Gasteiger partial charge on any atom is 0.138 e. The van der Waals surface area contributed by atoms with Crippen LogP contribution in [-0.2, 0) is 0 Å². The largest absolute Gasteiger partial charge is 0.369 e. The van der Waals surface area contributed by atoms with Gasteiger partial charge >= 0.3 is 0 Å². The van der Waals surface area contributed by atoms with E-state index in [1.165, 1.54) is 64.8 Å². The second-order valence-corrected chi connectivity index (χ2v) is 9.52. The number of piperidine rings is 1. The van der Waals surface area contributed by atoms with Gasteiger partial charge in [0.2, 0.25) is 0 Å². The monoisotopic (exact) mass is 501 g/mol. The summed E-state index contributed by atoms with van der Waals surface area (Å²) in [4.78, 5) is 15.5. The van der Waals surface area contributed by atoms with Gasteiger partial charge in [-0.3, -0.25) is 4.90 Å². The van der Waals surface area contributed by atoms with Crippen molar-refractivity contribution in [1.82, 2.24) is 19.8 Å². The molecule has 0 saturated carbocycles. The van der Waals surface area contributed by atoms with E-state index in [4.69, 9.17) is 0 Å². The van der Waals surface area contributed by atoms with Gasteiger partial charge in [0.05, 0.1) is 0 Å². The zero-order chi connectivity index (χ0) is 19.8. The summed E-state index contributed by atoms with van der Waals surface area (Å²) < 4.78 is 1.21. The third kappa shape index (κ3) is 4.02. The van der Waals surface area contributed by atoms with Crippen LogP contribution >= 0.6 is 22.6 Å². The Balaban J connectivity index is 1.24. The molecule has 2 aliphatic rings. The average molecular weight is 501 g/mol. The van der Waals surface area contributed by atoms with Crippen LogP contribution in [0.1, 0.15) is 12.8 Å². The van der Waals surface area contributed by atoms with Crippen LogP contribution in [0.25, 0.3) is 22.2 Å². The fourth-order valence-corrected chi connectivity index (χ4v) is 5.27. The number of hydrogen-bond acceptors (Lipinski definition) is 4. The molecule has 0 amide bonds. The Morgan fingerprint density at radius 2 is 1.69 bits per heavy atom. The number of rotatable bonds is 3. The molecule has 6 heteroatoms. The minimum absolute atomic E-state index is 0.786. The number of nitrogens with zero attached hydrogens (tertiary/aromatic N) is 4. The Kier molecular flexibility index (Phi) is 5.49. The number of H-pyrrole nitrogens is 1. The van der Waals surface area contributed by atoms with Crippen LogP contribution in [0.4, 0.5) is 5.69 Å². The molecule has 0 atom stereocenters. The molecule has 2 aliphatic heterocycles. The number of halogens is 1. The molecule has 152 valence electrons. The molecule has 29 heavy (non-hydrogen) atoms. The van der Waals surface area contributed by atoms with E-state index in [1.807, 2.05) is 12.4 Å². The topological polar surface area (TPSA) is 38.4 Å². The number of fused-ring (bicyclic) bond motifs is 1. The second-order valence-electron chi connectivity index (χ2n) is 8.36. The Hall–Kier alpha value is -1.64. The summed E-state index contributed by atoms with van der Waals surface area (Å²) in [5, 5.41) is 1.19. The number of aromatic nitrogens is 2. The van der Waals surface area contributed by atoms with Crippen molar-refractivity contribution < 1.29 is 0 Å². The van der Waals surface area contributed by atoms with Crippen molar-refractivity contribution in [3.63, 3.8) is 0 Å². The number of benzene rings is 1. The summed E-state index contributed by atoms with van der Waals surface area (Å²) in [5.74, 6) is 0. The van der Waals surface area contributed by atoms with Gasteiger partial charge in [-0.05, 0) is 79.3 Å². The molecule has 2 aromatic heterocycles. The number of aromatic amines is 1. The molecule has 1 aromatic carbocycles. The molecule has 2 fully saturated rings. The number of hydrogen-bond donors (Lipinski definition) is 1. The van der Waals surface area contributed by atoms with Crippen molar-refractivity contribution in [2.24, 2.45) is 0 Å². The van der Waals surface area contributed by atoms with Crippen molar-refractivity contribution in [3.05, 3.63) is 46.3 Å². The standard InChI is InChI=1S/C23H28IN5/c1-27-8-6-20(7-9-27)29-12-10-28(11-13-29)19-4-2-17(3-5-19)18-14-21-22(24)16-26-23(21)25-15-18/h2-5,14-16,20H,6-13H2,1H3,(H,25,26). The minimum atomic E-state index is 0.786. The van der Waals surface area contributed by atoms with Gasteiger partial charge in [0, 0.05) is 64.8 Å². The zero-order valence-electron chi connectivity index (χ0n) is 16.9. The fourth-order valence-electron chi connectivity index (χ4n) is 4.70. The molecule has 0 spiro atoms. The van der Waals surface area contributed by atoms with Crippen LogP contribution in [0.2, 0.25) is 0 Å². The van der Waals surface area contributed by atoms with Crippen LogP contribution in [0.3, 0.4) is 0 Å². The predicted molar refractivity (Wildman–Crippen MR) is 129 cm³/mol. The molecular weight excluding hydrogens is 473 g/mol. The molecule has 0 radical (unpaired) electrons. The second kappa shape index (κ2) is 8.24. The molecule has 5 nitrogen and oxygen atoms in total. The van der Waals surface area contributed by atoms with E-state index in [2.05, 4.69) is 84.6 Å². The molecule has 0 unspecified atom stereocenters. The predicted octanol–water partition coefficient (Wildman–Crippen LogP) is 4.05. The van der Waals surface area contributed by atoms with Crippen LogP contribution in [0, 0.1) is 3.57 Å². The maximum atomic E-state index is 4.57. The van der Waals surface area contributed by atoms with Crippen molar-refractivity contribution in [2.75, 3.05) is 51.2 Å². The van der Waals surface area contributed by atoms with Crippen LogP contribution in [-0.4, -0.2) is 72.1 Å². The summed E-state index contributed by atoms with van der Waals surface area (Å²) in [7, 11) is 2.24. The van der Waals surface area contributed by atoms with Gasteiger partial charge in [0.1, 0.15) is 5.65 Å². The lowest BCUT2D eigenvalue weighted by molar-refractivity contribution is 0.115. The van der Waals surface area contributed by atoms with E-state index < -0.39 is 0 Å². The van der Waals surface area contributed by atoms with Crippen LogP contribution in [0.15, 0.2) is 42.7 Å². The van der Waals surface area contributed by atoms with Gasteiger partial charge in [0.15, 0.2) is 0 Å². The SMILES string of the molecule is CN1CCC(N2CCN(c3ccc(-c4cnc5[nH]cc(I)c5c4)cc3)CC2)CC1. The maximum absolute atomic E-state index is 4.57. The lowest BCUT2D eigenvalue weighted by Gasteiger charge is -2.42. The molecule has 4 heterocycles. The average Bonchev–Trinajstić information content (AvgIpc) is 3.15. The van der Waals surface area contributed by atoms with Crippen LogP contribution < -0.4 is 4.90 Å². The van der Waals surface area contributed by atoms with Crippen LogP contribution in [0.5, 0.6) is 0 Å². The number of anilines is 1. The summed E-state index contributed by atoms with van der Waals surface area (Å²) in [6.45, 7) is 7.11. The van der Waals surface area contributed by atoms with Crippen molar-refractivity contribution in [3.8, 4) is 11.1 Å². The number of nitrogens with one attached hydrogen (secondary N) is 1. The van der Waals surface area contributed by atoms with Crippen molar-refractivity contribution >= 4 is 39.3 Å². The van der Waals surface area contributed by atoms with Gasteiger partial charge in [0.25, 0.3) is 0 Å². The van der Waals surface area contributed by atoms with E-state index in [0.29, 0.717) is 0 Å². The highest BCUT2D eigenvalue weighted by atomic mass is 127. The zero-order valence-corrected chi connectivity index (χ0v) is 19.1. The minimum Gasteiger partial charge on any atom is -0.369 e. The molecule has 5 rings (SSSR count). The van der Waals surface area contributed by atoms with Crippen molar-refractivity contribution in [2.45, 2.75) is 18.9 Å². The van der Waals surface area contributed by atoms with E-state index >= 15 is 0 Å². The fraction of sp³-hybridized carbons (Fsp3) is 0.435. The molecule has 1 N–H and O–H groups in total. The van der Waals surface area contributed by atoms with Gasteiger partial charge in [-0.25, -0.2) is 4.98 Å². The molecular formula is C23H28IN5. The summed E-state index contributed by atoms with van der Waals surface area (Å²) in [5.41, 5.74) is 4.69. The highest BCUT2D eigenvalue weighted by molar-refractivity contribution is 14.1. The van der Waals surface area contributed by atoms with E-state index in [1.54, 1.807) is 0 Å². The number of piperazine rings is 1. The normalized spacial score (nSPS) is 19.9. The Labute approximate surface area is 186 Å². The lowest BCUT2D eigenvalue weighted by atomic mass is 10.0. The third-order valence-corrected chi connectivity index (χ3v) is 7.46. The first-order valence-corrected chi connectivity index (χ1v) is 11.7. The highest BCUT2D eigenvalue weighted by Gasteiger charge is 2.26. The van der Waals surface area contributed by atoms with E-state index in [-0.39, 0.29) is 0 Å². The Morgan fingerprint density at radius 1 is 0.966 bits per heavy atom. The molecule has 3 aromatic rings. The third-order valence-electron chi connectivity index (χ3n) is 6.57. The Bertz CT molecular complexity index is 967. The Morgan fingerprint density at radius 3 is 2.41 bits per heavy atom. The van der Waals surface area contributed by atoms with Gasteiger partial charge in [-0.15, -0.1) is 0 Å². The van der Waals surface area contributed by atoms with E-state index in [9.17, 15) is 0 Å². The first kappa shape index (κ1) is 19.3. The first-order valence-electron chi connectivity index (χ1n) is 10.6. The van der Waals surface area contributed by atoms with Gasteiger partial charge in [-0.2, -0.15) is 0 Å². The summed E-state index contributed by atoms with van der Waals surface area (Å²) in [6, 6.07) is 12.0. The van der Waals surface area contributed by atoms with Crippen molar-refractivity contribution in [1.29, 1.82) is 0 Å². The summed E-state index contributed by atoms with van der Waals surface area (Å²) in [6.07, 6.45) is 6.62. The quantitative estimate of drug-likeness (QED) is 0.550. The highest BCUT2D eigenvalue weighted by Crippen LogP contribution is 2.28. The lowest BCUT2D eigenvalue weighted by Crippen LogP contribution is -2.52. The molecule has 0 bridgehead atoms. The smallest absolute Gasteiger partial charge is 0.138 e. The van der Waals surface area contributed by atoms with Gasteiger partial charge < -0.3 is 14.8 Å². The first-order chi connectivity index (χ1) is 14.2. The number of pyridine rings is 1. The molecule has 0 aliphatic carbocycles. The summed E-state index contributed by atoms with van der Waals surface area (Å²) >= 11 is 2.36. The van der Waals surface area contributed by atoms with Gasteiger partial charge in [-0.1, -0.05) is 12.1 Å². The molecule has 2 saturated heterocycles.